The van der Waals surface area contributed by atoms with E-state index in [9.17, 15) is 10.1 Å². The molecular weight excluding hydrogens is 232 g/mol. The van der Waals surface area contributed by atoms with E-state index in [2.05, 4.69) is 11.4 Å². The van der Waals surface area contributed by atoms with Crippen LogP contribution in [0, 0.1) is 11.3 Å². The molecule has 1 aromatic rings. The summed E-state index contributed by atoms with van der Waals surface area (Å²) in [5, 5.41) is 16.1. The molecular formula is C13H16N2OS. The molecule has 0 aromatic carbocycles. The second kappa shape index (κ2) is 5.33. The SMILES string of the molecule is N#CC1(NC(=O)Cc2ccsc2)CCCCC1. The molecule has 1 heterocycles. The average Bonchev–Trinajstić information content (AvgIpc) is 2.83. The minimum absolute atomic E-state index is 0.0353. The van der Waals surface area contributed by atoms with Gasteiger partial charge in [-0.05, 0) is 35.2 Å². The maximum atomic E-state index is 11.9. The standard InChI is InChI=1S/C13H16N2OS/c14-10-13(5-2-1-3-6-13)15-12(16)8-11-4-7-17-9-11/h4,7,9H,1-3,5-6,8H2,(H,15,16). The van der Waals surface area contributed by atoms with Crippen LogP contribution in [0.25, 0.3) is 0 Å². The topological polar surface area (TPSA) is 52.9 Å². The molecule has 2 rings (SSSR count). The number of hydrogen-bond donors (Lipinski definition) is 1. The summed E-state index contributed by atoms with van der Waals surface area (Å²) in [5.74, 6) is -0.0353. The Kier molecular flexibility index (Phi) is 3.80. The second-order valence-electron chi connectivity index (χ2n) is 4.61. The van der Waals surface area contributed by atoms with Gasteiger partial charge >= 0.3 is 0 Å². The van der Waals surface area contributed by atoms with Crippen molar-refractivity contribution < 1.29 is 4.79 Å². The van der Waals surface area contributed by atoms with Gasteiger partial charge in [-0.15, -0.1) is 0 Å². The molecule has 1 aliphatic rings. The lowest BCUT2D eigenvalue weighted by atomic mass is 9.82. The van der Waals surface area contributed by atoms with Gasteiger partial charge in [0.2, 0.25) is 5.91 Å². The minimum Gasteiger partial charge on any atom is -0.338 e. The number of carbonyl (C=O) groups excluding carboxylic acids is 1. The Labute approximate surface area is 105 Å². The molecule has 1 aliphatic carbocycles. The number of nitrogens with zero attached hydrogens (tertiary/aromatic N) is 1. The third-order valence-corrected chi connectivity index (χ3v) is 3.98. The van der Waals surface area contributed by atoms with Gasteiger partial charge in [-0.3, -0.25) is 4.79 Å². The van der Waals surface area contributed by atoms with Crippen LogP contribution in [0.3, 0.4) is 0 Å². The lowest BCUT2D eigenvalue weighted by molar-refractivity contribution is -0.122. The fourth-order valence-corrected chi connectivity index (χ4v) is 2.98. The van der Waals surface area contributed by atoms with Crippen LogP contribution >= 0.6 is 11.3 Å². The maximum absolute atomic E-state index is 11.9. The van der Waals surface area contributed by atoms with E-state index < -0.39 is 5.54 Å². The van der Waals surface area contributed by atoms with Crippen LogP contribution < -0.4 is 5.32 Å². The van der Waals surface area contributed by atoms with Crippen molar-refractivity contribution in [3.63, 3.8) is 0 Å². The maximum Gasteiger partial charge on any atom is 0.225 e. The van der Waals surface area contributed by atoms with Crippen LogP contribution in [0.5, 0.6) is 0 Å². The molecule has 1 N–H and O–H groups in total. The molecule has 1 amide bonds. The highest BCUT2D eigenvalue weighted by Crippen LogP contribution is 2.27. The summed E-state index contributed by atoms with van der Waals surface area (Å²) in [4.78, 5) is 11.9. The molecule has 1 saturated carbocycles. The molecule has 1 aromatic heterocycles. The Morgan fingerprint density at radius 2 is 2.24 bits per heavy atom. The van der Waals surface area contributed by atoms with Gasteiger partial charge in [0.05, 0.1) is 12.5 Å². The molecule has 0 saturated heterocycles. The van der Waals surface area contributed by atoms with Crippen molar-refractivity contribution in [1.82, 2.24) is 5.32 Å². The van der Waals surface area contributed by atoms with Crippen molar-refractivity contribution in [3.05, 3.63) is 22.4 Å². The number of hydrogen-bond acceptors (Lipinski definition) is 3. The number of carbonyl (C=O) groups is 1. The van der Waals surface area contributed by atoms with Gasteiger partial charge in [0.15, 0.2) is 0 Å². The van der Waals surface area contributed by atoms with Crippen molar-refractivity contribution in [2.45, 2.75) is 44.1 Å². The van der Waals surface area contributed by atoms with Crippen molar-refractivity contribution in [1.29, 1.82) is 5.26 Å². The first-order chi connectivity index (χ1) is 8.24. The van der Waals surface area contributed by atoms with E-state index in [0.29, 0.717) is 6.42 Å². The Bertz CT molecular complexity index is 413. The molecule has 90 valence electrons. The highest BCUT2D eigenvalue weighted by Gasteiger charge is 2.33. The van der Waals surface area contributed by atoms with Gasteiger partial charge in [-0.25, -0.2) is 0 Å². The summed E-state index contributed by atoms with van der Waals surface area (Å²) < 4.78 is 0. The summed E-state index contributed by atoms with van der Waals surface area (Å²) in [5.41, 5.74) is 0.419. The lowest BCUT2D eigenvalue weighted by Gasteiger charge is -2.31. The van der Waals surface area contributed by atoms with E-state index >= 15 is 0 Å². The van der Waals surface area contributed by atoms with Gasteiger partial charge in [0, 0.05) is 0 Å². The largest absolute Gasteiger partial charge is 0.338 e. The first kappa shape index (κ1) is 12.1. The molecule has 0 spiro atoms. The summed E-state index contributed by atoms with van der Waals surface area (Å²) in [6.07, 6.45) is 5.20. The van der Waals surface area contributed by atoms with Gasteiger partial charge in [0.25, 0.3) is 0 Å². The second-order valence-corrected chi connectivity index (χ2v) is 5.39. The predicted molar refractivity (Wildman–Crippen MR) is 67.6 cm³/mol. The van der Waals surface area contributed by atoms with Crippen LogP contribution in [0.1, 0.15) is 37.7 Å². The Balaban J connectivity index is 1.94. The highest BCUT2D eigenvalue weighted by atomic mass is 32.1. The fourth-order valence-electron chi connectivity index (χ4n) is 2.31. The number of amides is 1. The third kappa shape index (κ3) is 3.07. The first-order valence-electron chi connectivity index (χ1n) is 5.97. The van der Waals surface area contributed by atoms with E-state index in [1.54, 1.807) is 11.3 Å². The Morgan fingerprint density at radius 1 is 1.47 bits per heavy atom. The summed E-state index contributed by atoms with van der Waals surface area (Å²) in [7, 11) is 0. The molecule has 0 atom stereocenters. The van der Waals surface area contributed by atoms with Crippen LogP contribution in [0.15, 0.2) is 16.8 Å². The van der Waals surface area contributed by atoms with Gasteiger partial charge in [-0.2, -0.15) is 16.6 Å². The number of thiophene rings is 1. The van der Waals surface area contributed by atoms with Crippen LogP contribution in [-0.2, 0) is 11.2 Å². The molecule has 0 aliphatic heterocycles. The monoisotopic (exact) mass is 248 g/mol. The minimum atomic E-state index is -0.606. The van der Waals surface area contributed by atoms with E-state index in [0.717, 1.165) is 31.2 Å². The van der Waals surface area contributed by atoms with Gasteiger partial charge in [0.1, 0.15) is 5.54 Å². The van der Waals surface area contributed by atoms with Crippen molar-refractivity contribution in [2.24, 2.45) is 0 Å². The van der Waals surface area contributed by atoms with E-state index in [-0.39, 0.29) is 5.91 Å². The molecule has 3 nitrogen and oxygen atoms in total. The van der Waals surface area contributed by atoms with Gasteiger partial charge < -0.3 is 5.32 Å². The molecule has 17 heavy (non-hydrogen) atoms. The number of nitriles is 1. The normalized spacial score (nSPS) is 18.3. The number of nitrogens with one attached hydrogen (secondary N) is 1. The summed E-state index contributed by atoms with van der Waals surface area (Å²) in [6, 6.07) is 4.25. The molecule has 0 radical (unpaired) electrons. The predicted octanol–water partition coefficient (Wildman–Crippen LogP) is 2.63. The van der Waals surface area contributed by atoms with E-state index in [4.69, 9.17) is 0 Å². The van der Waals surface area contributed by atoms with Crippen molar-refractivity contribution >= 4 is 17.2 Å². The molecule has 0 unspecified atom stereocenters. The summed E-state index contributed by atoms with van der Waals surface area (Å²) >= 11 is 1.59. The Hall–Kier alpha value is -1.34. The number of rotatable bonds is 3. The molecule has 4 heteroatoms. The zero-order valence-corrected chi connectivity index (χ0v) is 10.6. The van der Waals surface area contributed by atoms with Crippen LogP contribution in [0.4, 0.5) is 0 Å². The fraction of sp³-hybridized carbons (Fsp3) is 0.538. The molecule has 0 bridgehead atoms. The average molecular weight is 248 g/mol. The van der Waals surface area contributed by atoms with Crippen LogP contribution in [-0.4, -0.2) is 11.4 Å². The lowest BCUT2D eigenvalue weighted by Crippen LogP contribution is -2.49. The zero-order valence-electron chi connectivity index (χ0n) is 9.74. The van der Waals surface area contributed by atoms with Crippen molar-refractivity contribution in [2.75, 3.05) is 0 Å². The van der Waals surface area contributed by atoms with Gasteiger partial charge in [-0.1, -0.05) is 19.3 Å². The smallest absolute Gasteiger partial charge is 0.225 e. The van der Waals surface area contributed by atoms with Crippen molar-refractivity contribution in [3.8, 4) is 6.07 Å². The van der Waals surface area contributed by atoms with Crippen LogP contribution in [0.2, 0.25) is 0 Å². The quantitative estimate of drug-likeness (QED) is 0.894. The highest BCUT2D eigenvalue weighted by molar-refractivity contribution is 7.07. The first-order valence-corrected chi connectivity index (χ1v) is 6.92. The third-order valence-electron chi connectivity index (χ3n) is 3.24. The van der Waals surface area contributed by atoms with E-state index in [1.807, 2.05) is 16.8 Å². The Morgan fingerprint density at radius 3 is 2.82 bits per heavy atom. The molecule has 1 fully saturated rings. The zero-order chi connectivity index (χ0) is 12.1. The van der Waals surface area contributed by atoms with E-state index in [1.165, 1.54) is 6.42 Å². The summed E-state index contributed by atoms with van der Waals surface area (Å²) in [6.45, 7) is 0.